The van der Waals surface area contributed by atoms with E-state index in [0.717, 1.165) is 56.9 Å². The van der Waals surface area contributed by atoms with E-state index in [1.165, 1.54) is 11.3 Å². The molecule has 0 spiro atoms. The molecule has 1 heterocycles. The Labute approximate surface area is 160 Å². The van der Waals surface area contributed by atoms with Crippen LogP contribution in [0.2, 0.25) is 0 Å². The van der Waals surface area contributed by atoms with E-state index in [1.807, 2.05) is 24.3 Å². The smallest absolute Gasteiger partial charge is 0.251 e. The second-order valence-corrected chi connectivity index (χ2v) is 7.38. The van der Waals surface area contributed by atoms with Gasteiger partial charge in [0.2, 0.25) is 0 Å². The molecule has 1 aliphatic heterocycles. The molecule has 5 nitrogen and oxygen atoms in total. The Morgan fingerprint density at radius 1 is 1.04 bits per heavy atom. The number of ether oxygens (including phenoxy) is 1. The van der Waals surface area contributed by atoms with E-state index >= 15 is 0 Å². The van der Waals surface area contributed by atoms with Crippen LogP contribution >= 0.6 is 0 Å². The van der Waals surface area contributed by atoms with Gasteiger partial charge in [0, 0.05) is 44.3 Å². The van der Waals surface area contributed by atoms with Gasteiger partial charge in [-0.15, -0.1) is 0 Å². The first-order valence-corrected chi connectivity index (χ1v) is 9.73. The fourth-order valence-electron chi connectivity index (χ4n) is 3.55. The maximum Gasteiger partial charge on any atom is 0.251 e. The summed E-state index contributed by atoms with van der Waals surface area (Å²) in [6.07, 6.45) is 2.23. The molecule has 2 fully saturated rings. The molecule has 0 unspecified atom stereocenters. The molecule has 1 saturated heterocycles. The van der Waals surface area contributed by atoms with Gasteiger partial charge in [0.1, 0.15) is 5.75 Å². The van der Waals surface area contributed by atoms with Gasteiger partial charge in [-0.05, 0) is 42.7 Å². The number of methoxy groups -OCH3 is 1. The molecule has 0 bridgehead atoms. The van der Waals surface area contributed by atoms with Crippen molar-refractivity contribution in [3.63, 3.8) is 0 Å². The average molecular weight is 365 g/mol. The maximum absolute atomic E-state index is 12.1. The number of amides is 1. The molecule has 2 aliphatic rings. The minimum Gasteiger partial charge on any atom is -0.495 e. The second kappa shape index (κ2) is 8.01. The molecule has 0 radical (unpaired) electrons. The standard InChI is InChI=1S/C22H27N3O2/c1-27-21-5-3-2-4-20(21)25-14-12-24(13-15-25)16-17-6-8-18(9-7-17)22(26)23-19-10-11-19/h2-9,19H,10-16H2,1H3,(H,23,26). The van der Waals surface area contributed by atoms with Crippen LogP contribution in [0, 0.1) is 0 Å². The van der Waals surface area contributed by atoms with Crippen LogP contribution in [0.25, 0.3) is 0 Å². The van der Waals surface area contributed by atoms with Crippen molar-refractivity contribution in [3.05, 3.63) is 59.7 Å². The van der Waals surface area contributed by atoms with Crippen LogP contribution in [0.5, 0.6) is 5.75 Å². The van der Waals surface area contributed by atoms with Gasteiger partial charge in [0.15, 0.2) is 0 Å². The number of carbonyl (C=O) groups excluding carboxylic acids is 1. The van der Waals surface area contributed by atoms with Crippen molar-refractivity contribution in [2.24, 2.45) is 0 Å². The molecule has 4 rings (SSSR count). The lowest BCUT2D eigenvalue weighted by Crippen LogP contribution is -2.46. The predicted octanol–water partition coefficient (Wildman–Crippen LogP) is 2.91. The molecule has 27 heavy (non-hydrogen) atoms. The number of anilines is 1. The Morgan fingerprint density at radius 2 is 1.74 bits per heavy atom. The molecule has 1 saturated carbocycles. The Hall–Kier alpha value is -2.53. The molecule has 142 valence electrons. The van der Waals surface area contributed by atoms with E-state index in [-0.39, 0.29) is 5.91 Å². The highest BCUT2D eigenvalue weighted by atomic mass is 16.5. The monoisotopic (exact) mass is 365 g/mol. The number of rotatable bonds is 6. The lowest BCUT2D eigenvalue weighted by Gasteiger charge is -2.36. The Morgan fingerprint density at radius 3 is 2.41 bits per heavy atom. The van der Waals surface area contributed by atoms with E-state index in [0.29, 0.717) is 6.04 Å². The van der Waals surface area contributed by atoms with Crippen molar-refractivity contribution < 1.29 is 9.53 Å². The predicted molar refractivity (Wildman–Crippen MR) is 107 cm³/mol. The topological polar surface area (TPSA) is 44.8 Å². The van der Waals surface area contributed by atoms with E-state index < -0.39 is 0 Å². The van der Waals surface area contributed by atoms with Gasteiger partial charge in [-0.3, -0.25) is 9.69 Å². The summed E-state index contributed by atoms with van der Waals surface area (Å²) >= 11 is 0. The largest absolute Gasteiger partial charge is 0.495 e. The summed E-state index contributed by atoms with van der Waals surface area (Å²) in [5.41, 5.74) is 3.18. The summed E-state index contributed by atoms with van der Waals surface area (Å²) in [4.78, 5) is 16.9. The summed E-state index contributed by atoms with van der Waals surface area (Å²) in [6.45, 7) is 4.93. The number of nitrogens with one attached hydrogen (secondary N) is 1. The quantitative estimate of drug-likeness (QED) is 0.855. The van der Waals surface area contributed by atoms with Crippen molar-refractivity contribution in [2.75, 3.05) is 38.2 Å². The van der Waals surface area contributed by atoms with Crippen molar-refractivity contribution in [1.29, 1.82) is 0 Å². The third-order valence-electron chi connectivity index (χ3n) is 5.33. The molecule has 0 aromatic heterocycles. The molecule has 2 aromatic carbocycles. The average Bonchev–Trinajstić information content (AvgIpc) is 3.53. The van der Waals surface area contributed by atoms with Gasteiger partial charge in [-0.1, -0.05) is 24.3 Å². The Bertz CT molecular complexity index is 778. The second-order valence-electron chi connectivity index (χ2n) is 7.38. The first kappa shape index (κ1) is 17.9. The summed E-state index contributed by atoms with van der Waals surface area (Å²) < 4.78 is 5.49. The number of hydrogen-bond donors (Lipinski definition) is 1. The first-order valence-electron chi connectivity index (χ1n) is 9.73. The van der Waals surface area contributed by atoms with Crippen LogP contribution in [0.3, 0.4) is 0 Å². The summed E-state index contributed by atoms with van der Waals surface area (Å²) in [5.74, 6) is 0.987. The molecule has 1 amide bonds. The van der Waals surface area contributed by atoms with Gasteiger partial charge in [-0.25, -0.2) is 0 Å². The Kier molecular flexibility index (Phi) is 5.30. The first-order chi connectivity index (χ1) is 13.2. The van der Waals surface area contributed by atoms with Gasteiger partial charge >= 0.3 is 0 Å². The maximum atomic E-state index is 12.1. The molecule has 1 N–H and O–H groups in total. The summed E-state index contributed by atoms with van der Waals surface area (Å²) in [6, 6.07) is 16.6. The zero-order chi connectivity index (χ0) is 18.6. The lowest BCUT2D eigenvalue weighted by molar-refractivity contribution is 0.0951. The van der Waals surface area contributed by atoms with Crippen LogP contribution in [0.1, 0.15) is 28.8 Å². The van der Waals surface area contributed by atoms with Crippen LogP contribution in [0.15, 0.2) is 48.5 Å². The number of para-hydroxylation sites is 2. The zero-order valence-electron chi connectivity index (χ0n) is 15.9. The minimum absolute atomic E-state index is 0.0504. The van der Waals surface area contributed by atoms with Gasteiger partial charge in [-0.2, -0.15) is 0 Å². The highest BCUT2D eigenvalue weighted by molar-refractivity contribution is 5.94. The third kappa shape index (κ3) is 4.42. The van der Waals surface area contributed by atoms with Crippen LogP contribution in [0.4, 0.5) is 5.69 Å². The highest BCUT2D eigenvalue weighted by Gasteiger charge is 2.24. The van der Waals surface area contributed by atoms with Crippen molar-refractivity contribution >= 4 is 11.6 Å². The normalized spacial score (nSPS) is 17.6. The van der Waals surface area contributed by atoms with Gasteiger partial charge in [0.25, 0.3) is 5.91 Å². The number of piperazine rings is 1. The number of benzene rings is 2. The van der Waals surface area contributed by atoms with Gasteiger partial charge in [0.05, 0.1) is 12.8 Å². The van der Waals surface area contributed by atoms with Gasteiger partial charge < -0.3 is 15.0 Å². The zero-order valence-corrected chi connectivity index (χ0v) is 15.9. The summed E-state index contributed by atoms with van der Waals surface area (Å²) in [7, 11) is 1.73. The third-order valence-corrected chi connectivity index (χ3v) is 5.33. The summed E-state index contributed by atoms with van der Waals surface area (Å²) in [5, 5.41) is 3.04. The Balaban J connectivity index is 1.30. The molecular weight excluding hydrogens is 338 g/mol. The highest BCUT2D eigenvalue weighted by Crippen LogP contribution is 2.28. The van der Waals surface area contributed by atoms with E-state index in [4.69, 9.17) is 4.74 Å². The molecule has 5 heteroatoms. The van der Waals surface area contributed by atoms with Crippen LogP contribution in [-0.4, -0.2) is 50.1 Å². The molecule has 2 aromatic rings. The lowest BCUT2D eigenvalue weighted by atomic mass is 10.1. The van der Waals surface area contributed by atoms with Crippen molar-refractivity contribution in [1.82, 2.24) is 10.2 Å². The molecule has 1 aliphatic carbocycles. The van der Waals surface area contributed by atoms with Crippen LogP contribution in [-0.2, 0) is 6.54 Å². The fourth-order valence-corrected chi connectivity index (χ4v) is 3.55. The number of nitrogens with zero attached hydrogens (tertiary/aromatic N) is 2. The van der Waals surface area contributed by atoms with Crippen LogP contribution < -0.4 is 15.0 Å². The SMILES string of the molecule is COc1ccccc1N1CCN(Cc2ccc(C(=O)NC3CC3)cc2)CC1. The van der Waals surface area contributed by atoms with E-state index in [1.54, 1.807) is 7.11 Å². The molecule has 0 atom stereocenters. The fraction of sp³-hybridized carbons (Fsp3) is 0.409. The minimum atomic E-state index is 0.0504. The molecular formula is C22H27N3O2. The number of carbonyl (C=O) groups is 1. The van der Waals surface area contributed by atoms with Crippen molar-refractivity contribution in [3.8, 4) is 5.75 Å². The number of hydrogen-bond acceptors (Lipinski definition) is 4. The van der Waals surface area contributed by atoms with Crippen molar-refractivity contribution in [2.45, 2.75) is 25.4 Å². The van der Waals surface area contributed by atoms with E-state index in [9.17, 15) is 4.79 Å². The van der Waals surface area contributed by atoms with E-state index in [2.05, 4.69) is 39.4 Å².